The first-order valence-electron chi connectivity index (χ1n) is 13.0. The molecule has 2 saturated heterocycles. The minimum absolute atomic E-state index is 0.141. The van der Waals surface area contributed by atoms with Gasteiger partial charge in [0.15, 0.2) is 0 Å². The van der Waals surface area contributed by atoms with Gasteiger partial charge >= 0.3 is 6.09 Å². The number of piperidine rings is 1. The van der Waals surface area contributed by atoms with E-state index in [0.717, 1.165) is 24.8 Å². The third kappa shape index (κ3) is 6.22. The normalized spacial score (nSPS) is 26.2. The molecule has 0 aromatic heterocycles. The third-order valence-electron chi connectivity index (χ3n) is 6.97. The molecule has 1 N–H and O–H groups in total. The number of carbonyl (C=O) groups is 3. The summed E-state index contributed by atoms with van der Waals surface area (Å²) in [6.07, 6.45) is 3.26. The van der Waals surface area contributed by atoms with E-state index in [1.165, 1.54) is 5.56 Å². The van der Waals surface area contributed by atoms with Crippen LogP contribution >= 0.6 is 11.8 Å². The van der Waals surface area contributed by atoms with Gasteiger partial charge in [0.05, 0.1) is 16.8 Å². The summed E-state index contributed by atoms with van der Waals surface area (Å²) in [5.74, 6) is -0.286. The summed E-state index contributed by atoms with van der Waals surface area (Å²) in [5, 5.41) is 3.36. The van der Waals surface area contributed by atoms with E-state index < -0.39 is 23.8 Å². The van der Waals surface area contributed by atoms with Crippen LogP contribution < -0.4 is 5.32 Å². The zero-order valence-corrected chi connectivity index (χ0v) is 22.6. The number of nitrogens with zero attached hydrogens (tertiary/aromatic N) is 3. The van der Waals surface area contributed by atoms with E-state index in [9.17, 15) is 14.4 Å². The molecule has 4 atom stereocenters. The molecular formula is C27H38N4O4S. The Kier molecular flexibility index (Phi) is 8.27. The number of amides is 3. The van der Waals surface area contributed by atoms with Gasteiger partial charge in [-0.2, -0.15) is 0 Å². The van der Waals surface area contributed by atoms with Crippen molar-refractivity contribution in [1.29, 1.82) is 0 Å². The quantitative estimate of drug-likeness (QED) is 0.633. The number of ether oxygens (including phenoxy) is 1. The Labute approximate surface area is 218 Å². The molecule has 0 saturated carbocycles. The van der Waals surface area contributed by atoms with Crippen molar-refractivity contribution < 1.29 is 19.1 Å². The number of aliphatic imine (C=N–C) groups is 1. The van der Waals surface area contributed by atoms with Gasteiger partial charge in [-0.05, 0) is 70.9 Å². The largest absolute Gasteiger partial charge is 0.444 e. The lowest BCUT2D eigenvalue weighted by atomic mass is 10.0. The van der Waals surface area contributed by atoms with E-state index in [4.69, 9.17) is 4.74 Å². The topological polar surface area (TPSA) is 91.3 Å². The van der Waals surface area contributed by atoms with Crippen LogP contribution in [0.1, 0.15) is 76.2 Å². The first-order valence-corrected chi connectivity index (χ1v) is 13.9. The molecule has 0 aliphatic carbocycles. The molecule has 4 unspecified atom stereocenters. The number of rotatable bonds is 5. The molecule has 3 aliphatic heterocycles. The third-order valence-corrected chi connectivity index (χ3v) is 8.17. The SMILES string of the molecule is CC1N=CSC1c1ccc(CNC(=O)C2CCCN2C(=O)C2CCCCN2C(=O)OC(C)(C)C)cc1. The maximum Gasteiger partial charge on any atom is 0.410 e. The summed E-state index contributed by atoms with van der Waals surface area (Å²) in [6, 6.07) is 7.47. The first-order chi connectivity index (χ1) is 17.1. The maximum atomic E-state index is 13.5. The molecule has 8 nitrogen and oxygen atoms in total. The van der Waals surface area contributed by atoms with E-state index in [0.29, 0.717) is 37.7 Å². The molecule has 1 aromatic carbocycles. The number of hydrogen-bond acceptors (Lipinski definition) is 6. The Hall–Kier alpha value is -2.55. The van der Waals surface area contributed by atoms with Crippen molar-refractivity contribution in [3.63, 3.8) is 0 Å². The van der Waals surface area contributed by atoms with Gasteiger partial charge in [0.2, 0.25) is 11.8 Å². The molecule has 0 radical (unpaired) electrons. The predicted octanol–water partition coefficient (Wildman–Crippen LogP) is 4.29. The van der Waals surface area contributed by atoms with Crippen molar-refractivity contribution in [3.05, 3.63) is 35.4 Å². The van der Waals surface area contributed by atoms with Crippen LogP contribution in [0, 0.1) is 0 Å². The summed E-state index contributed by atoms with van der Waals surface area (Å²) in [5.41, 5.74) is 3.54. The van der Waals surface area contributed by atoms with Gasteiger partial charge in [-0.25, -0.2) is 4.79 Å². The molecule has 196 valence electrons. The van der Waals surface area contributed by atoms with E-state index in [-0.39, 0.29) is 17.9 Å². The van der Waals surface area contributed by atoms with Gasteiger partial charge in [-0.1, -0.05) is 24.3 Å². The van der Waals surface area contributed by atoms with Crippen LogP contribution in [-0.4, -0.2) is 70.1 Å². The summed E-state index contributed by atoms with van der Waals surface area (Å²) in [6.45, 7) is 9.02. The smallest absolute Gasteiger partial charge is 0.410 e. The Balaban J connectivity index is 1.35. The fourth-order valence-corrected chi connectivity index (χ4v) is 6.11. The van der Waals surface area contributed by atoms with Gasteiger partial charge in [0, 0.05) is 19.6 Å². The van der Waals surface area contributed by atoms with Crippen LogP contribution in [-0.2, 0) is 20.9 Å². The zero-order valence-electron chi connectivity index (χ0n) is 21.7. The van der Waals surface area contributed by atoms with E-state index in [2.05, 4.69) is 29.4 Å². The van der Waals surface area contributed by atoms with Crippen LogP contribution in [0.15, 0.2) is 29.3 Å². The molecule has 0 bridgehead atoms. The van der Waals surface area contributed by atoms with Gasteiger partial charge in [-0.15, -0.1) is 11.8 Å². The van der Waals surface area contributed by atoms with Gasteiger partial charge in [0.1, 0.15) is 17.7 Å². The van der Waals surface area contributed by atoms with Crippen LogP contribution in [0.2, 0.25) is 0 Å². The van der Waals surface area contributed by atoms with Crippen molar-refractivity contribution in [1.82, 2.24) is 15.1 Å². The summed E-state index contributed by atoms with van der Waals surface area (Å²) in [7, 11) is 0. The van der Waals surface area contributed by atoms with Gasteiger partial charge in [0.25, 0.3) is 0 Å². The molecule has 3 aliphatic rings. The number of carbonyl (C=O) groups excluding carboxylic acids is 3. The maximum absolute atomic E-state index is 13.5. The number of benzene rings is 1. The highest BCUT2D eigenvalue weighted by Crippen LogP contribution is 2.36. The van der Waals surface area contributed by atoms with E-state index in [1.807, 2.05) is 38.5 Å². The molecule has 0 spiro atoms. The number of hydrogen-bond donors (Lipinski definition) is 1. The van der Waals surface area contributed by atoms with Crippen molar-refractivity contribution >= 4 is 35.2 Å². The molecule has 2 fully saturated rings. The average Bonchev–Trinajstić information content (AvgIpc) is 3.51. The molecule has 36 heavy (non-hydrogen) atoms. The minimum atomic E-state index is -0.627. The molecular weight excluding hydrogens is 476 g/mol. The standard InChI is InChI=1S/C27H38N4O4S/c1-18-23(36-17-29-18)20-12-10-19(11-13-20)16-28-24(32)21-9-7-15-30(21)25(33)22-8-5-6-14-31(22)26(34)35-27(2,3)4/h10-13,17-18,21-23H,5-9,14-16H2,1-4H3,(H,28,32). The van der Waals surface area contributed by atoms with Crippen molar-refractivity contribution in [2.45, 2.75) is 95.3 Å². The molecule has 3 heterocycles. The molecule has 4 rings (SSSR count). The zero-order chi connectivity index (χ0) is 25.9. The highest BCUT2D eigenvalue weighted by atomic mass is 32.2. The van der Waals surface area contributed by atoms with Crippen molar-refractivity contribution in [2.75, 3.05) is 13.1 Å². The fraction of sp³-hybridized carbons (Fsp3) is 0.630. The van der Waals surface area contributed by atoms with Crippen LogP contribution in [0.25, 0.3) is 0 Å². The number of nitrogens with one attached hydrogen (secondary N) is 1. The molecule has 1 aromatic rings. The second kappa shape index (κ2) is 11.2. The lowest BCUT2D eigenvalue weighted by Gasteiger charge is -2.38. The second-order valence-electron chi connectivity index (χ2n) is 10.9. The van der Waals surface area contributed by atoms with Gasteiger partial charge in [-0.3, -0.25) is 19.5 Å². The Bertz CT molecular complexity index is 990. The Morgan fingerprint density at radius 3 is 2.39 bits per heavy atom. The number of thioether (sulfide) groups is 1. The summed E-state index contributed by atoms with van der Waals surface area (Å²) < 4.78 is 5.56. The van der Waals surface area contributed by atoms with Crippen LogP contribution in [0.4, 0.5) is 4.79 Å². The highest BCUT2D eigenvalue weighted by Gasteiger charge is 2.42. The van der Waals surface area contributed by atoms with Crippen molar-refractivity contribution in [3.8, 4) is 0 Å². The van der Waals surface area contributed by atoms with Crippen LogP contribution in [0.3, 0.4) is 0 Å². The first kappa shape index (κ1) is 26.5. The fourth-order valence-electron chi connectivity index (χ4n) is 5.10. The second-order valence-corrected chi connectivity index (χ2v) is 11.9. The highest BCUT2D eigenvalue weighted by molar-refractivity contribution is 8.12. The summed E-state index contributed by atoms with van der Waals surface area (Å²) in [4.78, 5) is 47.1. The monoisotopic (exact) mass is 514 g/mol. The predicted molar refractivity (Wildman–Crippen MR) is 142 cm³/mol. The average molecular weight is 515 g/mol. The Morgan fingerprint density at radius 2 is 1.72 bits per heavy atom. The lowest BCUT2D eigenvalue weighted by Crippen LogP contribution is -2.56. The van der Waals surface area contributed by atoms with Gasteiger partial charge < -0.3 is 15.0 Å². The van der Waals surface area contributed by atoms with Crippen LogP contribution in [0.5, 0.6) is 0 Å². The number of likely N-dealkylation sites (tertiary alicyclic amines) is 2. The van der Waals surface area contributed by atoms with Crippen molar-refractivity contribution in [2.24, 2.45) is 4.99 Å². The Morgan fingerprint density at radius 1 is 1.03 bits per heavy atom. The molecule has 9 heteroatoms. The van der Waals surface area contributed by atoms with E-state index >= 15 is 0 Å². The lowest BCUT2D eigenvalue weighted by molar-refractivity contribution is -0.143. The van der Waals surface area contributed by atoms with E-state index in [1.54, 1.807) is 21.6 Å². The minimum Gasteiger partial charge on any atom is -0.444 e. The summed E-state index contributed by atoms with van der Waals surface area (Å²) >= 11 is 1.73. The molecule has 3 amide bonds.